The number of ether oxygens (including phenoxy) is 2. The fourth-order valence-electron chi connectivity index (χ4n) is 2.83. The molecule has 2 atom stereocenters. The van der Waals surface area contributed by atoms with Gasteiger partial charge < -0.3 is 24.8 Å². The molecule has 22 heavy (non-hydrogen) atoms. The number of hydrogen-bond donors (Lipinski definition) is 2. The van der Waals surface area contributed by atoms with E-state index in [2.05, 4.69) is 36.3 Å². The Kier molecular flexibility index (Phi) is 6.49. The highest BCUT2D eigenvalue weighted by atomic mass is 16.5. The molecule has 5 heteroatoms. The Labute approximate surface area is 133 Å². The van der Waals surface area contributed by atoms with E-state index in [4.69, 9.17) is 9.47 Å². The summed E-state index contributed by atoms with van der Waals surface area (Å²) in [5, 5.41) is 12.9. The summed E-state index contributed by atoms with van der Waals surface area (Å²) in [6.45, 7) is 5.26. The molecule has 1 aliphatic rings. The highest BCUT2D eigenvalue weighted by molar-refractivity contribution is 5.42. The van der Waals surface area contributed by atoms with Crippen molar-refractivity contribution in [2.24, 2.45) is 0 Å². The lowest BCUT2D eigenvalue weighted by Gasteiger charge is -2.21. The van der Waals surface area contributed by atoms with E-state index in [0.717, 1.165) is 37.4 Å². The largest absolute Gasteiger partial charge is 0.493 e. The van der Waals surface area contributed by atoms with Gasteiger partial charge in [0.15, 0.2) is 11.5 Å². The average molecular weight is 308 g/mol. The molecule has 0 bridgehead atoms. The zero-order chi connectivity index (χ0) is 15.9. The summed E-state index contributed by atoms with van der Waals surface area (Å²) in [5.41, 5.74) is 1.20. The van der Waals surface area contributed by atoms with Crippen molar-refractivity contribution in [2.45, 2.75) is 38.5 Å². The predicted octanol–water partition coefficient (Wildman–Crippen LogP) is 1.64. The van der Waals surface area contributed by atoms with Crippen LogP contribution in [0.2, 0.25) is 0 Å². The highest BCUT2D eigenvalue weighted by Gasteiger charge is 2.23. The monoisotopic (exact) mass is 308 g/mol. The first-order chi connectivity index (χ1) is 10.6. The van der Waals surface area contributed by atoms with Crippen molar-refractivity contribution in [3.63, 3.8) is 0 Å². The van der Waals surface area contributed by atoms with Gasteiger partial charge in [0.25, 0.3) is 0 Å². The van der Waals surface area contributed by atoms with E-state index < -0.39 is 0 Å². The summed E-state index contributed by atoms with van der Waals surface area (Å²) >= 11 is 0. The van der Waals surface area contributed by atoms with Gasteiger partial charge in [-0.2, -0.15) is 0 Å². The Hall–Kier alpha value is -1.30. The van der Waals surface area contributed by atoms with Crippen molar-refractivity contribution >= 4 is 0 Å². The zero-order valence-electron chi connectivity index (χ0n) is 13.8. The van der Waals surface area contributed by atoms with E-state index in [1.54, 1.807) is 7.11 Å². The topological polar surface area (TPSA) is 54.0 Å². The van der Waals surface area contributed by atoms with Crippen molar-refractivity contribution < 1.29 is 14.6 Å². The summed E-state index contributed by atoms with van der Waals surface area (Å²) in [6, 6.07) is 6.47. The Morgan fingerprint density at radius 1 is 1.36 bits per heavy atom. The lowest BCUT2D eigenvalue weighted by Crippen LogP contribution is -2.34. The Bertz CT molecular complexity index is 467. The molecule has 0 aromatic heterocycles. The Balaban J connectivity index is 1.93. The number of hydrogen-bond acceptors (Lipinski definition) is 5. The maximum Gasteiger partial charge on any atom is 0.161 e. The molecule has 1 aromatic rings. The number of aliphatic hydroxyl groups excluding tert-OH is 1. The smallest absolute Gasteiger partial charge is 0.161 e. The van der Waals surface area contributed by atoms with Crippen LogP contribution in [0.5, 0.6) is 11.5 Å². The number of likely N-dealkylation sites (N-methyl/N-ethyl adjacent to an activating group) is 1. The molecule has 1 fully saturated rings. The van der Waals surface area contributed by atoms with Crippen LogP contribution >= 0.6 is 0 Å². The van der Waals surface area contributed by atoms with E-state index in [-0.39, 0.29) is 6.10 Å². The van der Waals surface area contributed by atoms with Gasteiger partial charge in [-0.3, -0.25) is 0 Å². The third-order valence-corrected chi connectivity index (χ3v) is 3.87. The number of aliphatic hydroxyl groups is 1. The highest BCUT2D eigenvalue weighted by Crippen LogP contribution is 2.28. The lowest BCUT2D eigenvalue weighted by molar-refractivity contribution is 0.189. The number of nitrogens with one attached hydrogen (secondary N) is 1. The van der Waals surface area contributed by atoms with Crippen LogP contribution < -0.4 is 14.8 Å². The molecule has 0 spiro atoms. The Morgan fingerprint density at radius 3 is 2.82 bits per heavy atom. The van der Waals surface area contributed by atoms with Gasteiger partial charge in [-0.05, 0) is 37.6 Å². The minimum absolute atomic E-state index is 0.201. The first-order valence-electron chi connectivity index (χ1n) is 8.02. The van der Waals surface area contributed by atoms with Crippen LogP contribution in [-0.4, -0.2) is 56.0 Å². The molecular formula is C17H28N2O3. The first-order valence-corrected chi connectivity index (χ1v) is 8.02. The van der Waals surface area contributed by atoms with Crippen LogP contribution in [-0.2, 0) is 6.54 Å². The SMILES string of the molecule is CCCOc1cc(CN(C)C[C@@H]2C[C@@H](O)CN2)ccc1OC. The van der Waals surface area contributed by atoms with E-state index >= 15 is 0 Å². The molecular weight excluding hydrogens is 280 g/mol. The molecule has 0 saturated carbocycles. The molecule has 0 aliphatic carbocycles. The second-order valence-electron chi connectivity index (χ2n) is 6.03. The molecule has 1 saturated heterocycles. The predicted molar refractivity (Wildman–Crippen MR) is 87.5 cm³/mol. The molecule has 5 nitrogen and oxygen atoms in total. The number of methoxy groups -OCH3 is 1. The third-order valence-electron chi connectivity index (χ3n) is 3.87. The second-order valence-corrected chi connectivity index (χ2v) is 6.03. The van der Waals surface area contributed by atoms with Crippen LogP contribution in [0.15, 0.2) is 18.2 Å². The molecule has 124 valence electrons. The normalized spacial score (nSPS) is 21.3. The molecule has 2 N–H and O–H groups in total. The van der Waals surface area contributed by atoms with Crippen molar-refractivity contribution in [2.75, 3.05) is 33.9 Å². The number of rotatable bonds is 8. The van der Waals surface area contributed by atoms with Gasteiger partial charge in [-0.25, -0.2) is 0 Å². The lowest BCUT2D eigenvalue weighted by atomic mass is 10.1. The first kappa shape index (κ1) is 17.1. The summed E-state index contributed by atoms with van der Waals surface area (Å²) in [5.74, 6) is 1.59. The quantitative estimate of drug-likeness (QED) is 0.765. The molecule has 1 aromatic carbocycles. The van der Waals surface area contributed by atoms with E-state index in [9.17, 15) is 5.11 Å². The van der Waals surface area contributed by atoms with Gasteiger partial charge in [-0.1, -0.05) is 13.0 Å². The van der Waals surface area contributed by atoms with Gasteiger partial charge >= 0.3 is 0 Å². The third kappa shape index (κ3) is 4.87. The molecule has 1 heterocycles. The molecule has 1 aliphatic heterocycles. The summed E-state index contributed by atoms with van der Waals surface area (Å²) in [7, 11) is 3.76. The average Bonchev–Trinajstić information content (AvgIpc) is 2.90. The van der Waals surface area contributed by atoms with Crippen LogP contribution in [0.4, 0.5) is 0 Å². The van der Waals surface area contributed by atoms with Crippen LogP contribution in [0, 0.1) is 0 Å². The minimum atomic E-state index is -0.201. The van der Waals surface area contributed by atoms with Crippen molar-refractivity contribution in [1.29, 1.82) is 0 Å². The maximum absolute atomic E-state index is 9.57. The van der Waals surface area contributed by atoms with Gasteiger partial charge in [0.2, 0.25) is 0 Å². The maximum atomic E-state index is 9.57. The van der Waals surface area contributed by atoms with Crippen molar-refractivity contribution in [1.82, 2.24) is 10.2 Å². The minimum Gasteiger partial charge on any atom is -0.493 e. The van der Waals surface area contributed by atoms with Gasteiger partial charge in [0.05, 0.1) is 19.8 Å². The Morgan fingerprint density at radius 2 is 2.18 bits per heavy atom. The molecule has 2 rings (SSSR count). The molecule has 0 unspecified atom stereocenters. The second kappa shape index (κ2) is 8.36. The van der Waals surface area contributed by atoms with Gasteiger partial charge in [-0.15, -0.1) is 0 Å². The standard InChI is InChI=1S/C17H28N2O3/c1-4-7-22-17-8-13(5-6-16(17)21-3)11-19(2)12-14-9-15(20)10-18-14/h5-6,8,14-15,18,20H,4,7,9-12H2,1-3H3/t14-,15+/m0/s1. The van der Waals surface area contributed by atoms with E-state index in [1.165, 1.54) is 5.56 Å². The van der Waals surface area contributed by atoms with Crippen molar-refractivity contribution in [3.05, 3.63) is 23.8 Å². The van der Waals surface area contributed by atoms with Gasteiger partial charge in [0.1, 0.15) is 0 Å². The summed E-state index contributed by atoms with van der Waals surface area (Å²) in [4.78, 5) is 2.26. The summed E-state index contributed by atoms with van der Waals surface area (Å²) in [6.07, 6.45) is 1.61. The number of nitrogens with zero attached hydrogens (tertiary/aromatic N) is 1. The molecule has 0 amide bonds. The zero-order valence-corrected chi connectivity index (χ0v) is 13.8. The van der Waals surface area contributed by atoms with E-state index in [1.807, 2.05) is 6.07 Å². The van der Waals surface area contributed by atoms with Crippen LogP contribution in [0.1, 0.15) is 25.3 Å². The molecule has 0 radical (unpaired) electrons. The van der Waals surface area contributed by atoms with Crippen LogP contribution in [0.25, 0.3) is 0 Å². The van der Waals surface area contributed by atoms with Gasteiger partial charge in [0, 0.05) is 25.7 Å². The number of benzene rings is 1. The van der Waals surface area contributed by atoms with Crippen LogP contribution in [0.3, 0.4) is 0 Å². The van der Waals surface area contributed by atoms with Crippen molar-refractivity contribution in [3.8, 4) is 11.5 Å². The summed E-state index contributed by atoms with van der Waals surface area (Å²) < 4.78 is 11.1. The fraction of sp³-hybridized carbons (Fsp3) is 0.647. The fourth-order valence-corrected chi connectivity index (χ4v) is 2.83. The number of β-amino-alcohol motifs (C(OH)–C–C–N with tert-alkyl or cyclic N) is 1. The van der Waals surface area contributed by atoms with E-state index in [0.29, 0.717) is 19.2 Å².